The molecule has 0 bridgehead atoms. The summed E-state index contributed by atoms with van der Waals surface area (Å²) in [5.41, 5.74) is 1.62. The van der Waals surface area contributed by atoms with E-state index in [4.69, 9.17) is 12.2 Å². The number of aromatic nitrogens is 1. The van der Waals surface area contributed by atoms with E-state index in [9.17, 15) is 14.4 Å². The molecule has 1 aromatic heterocycles. The van der Waals surface area contributed by atoms with Crippen molar-refractivity contribution < 1.29 is 14.4 Å². The minimum absolute atomic E-state index is 0.0181. The van der Waals surface area contributed by atoms with Crippen LogP contribution in [0.4, 0.5) is 0 Å². The van der Waals surface area contributed by atoms with Gasteiger partial charge in [0, 0.05) is 49.8 Å². The molecule has 3 rings (SSSR count). The monoisotopic (exact) mass is 412 g/mol. The Balaban J connectivity index is 2.06. The summed E-state index contributed by atoms with van der Waals surface area (Å²) >= 11 is 5.14. The predicted octanol–water partition coefficient (Wildman–Crippen LogP) is 2.11. The van der Waals surface area contributed by atoms with Crippen LogP contribution in [0.1, 0.15) is 19.4 Å². The molecule has 0 unspecified atom stereocenters. The van der Waals surface area contributed by atoms with Crippen molar-refractivity contribution >= 4 is 52.0 Å². The van der Waals surface area contributed by atoms with Crippen LogP contribution in [0.25, 0.3) is 17.0 Å². The fourth-order valence-electron chi connectivity index (χ4n) is 3.47. The Morgan fingerprint density at radius 1 is 1.07 bits per heavy atom. The number of likely N-dealkylation sites (N-methyl/N-ethyl adjacent to an activating group) is 3. The number of carbonyl (C=O) groups excluding carboxylic acids is 3. The van der Waals surface area contributed by atoms with E-state index in [-0.39, 0.29) is 23.1 Å². The molecule has 0 saturated carbocycles. The highest BCUT2D eigenvalue weighted by atomic mass is 32.1. The summed E-state index contributed by atoms with van der Waals surface area (Å²) in [4.78, 5) is 42.2. The lowest BCUT2D eigenvalue weighted by Crippen LogP contribution is -2.52. The molecular weight excluding hydrogens is 388 g/mol. The maximum absolute atomic E-state index is 12.6. The summed E-state index contributed by atoms with van der Waals surface area (Å²) in [6.45, 7) is 5.38. The third-order valence-corrected chi connectivity index (χ3v) is 5.73. The largest absolute Gasteiger partial charge is 0.342 e. The zero-order chi connectivity index (χ0) is 21.3. The number of carbonyl (C=O) groups is 3. The summed E-state index contributed by atoms with van der Waals surface area (Å²) in [6.07, 6.45) is 3.40. The number of hydrogen-bond acceptors (Lipinski definition) is 4. The van der Waals surface area contributed by atoms with Crippen molar-refractivity contribution in [2.45, 2.75) is 20.4 Å². The van der Waals surface area contributed by atoms with Gasteiger partial charge in [-0.2, -0.15) is 0 Å². The van der Waals surface area contributed by atoms with Crippen molar-refractivity contribution in [3.05, 3.63) is 41.6 Å². The van der Waals surface area contributed by atoms with Crippen LogP contribution in [0.5, 0.6) is 0 Å². The Labute approximate surface area is 175 Å². The van der Waals surface area contributed by atoms with Crippen molar-refractivity contribution in [2.75, 3.05) is 27.2 Å². The molecular formula is C21H24N4O3S. The Hall–Kier alpha value is -3.00. The van der Waals surface area contributed by atoms with Gasteiger partial charge < -0.3 is 9.47 Å². The van der Waals surface area contributed by atoms with E-state index in [1.54, 1.807) is 25.1 Å². The van der Waals surface area contributed by atoms with Gasteiger partial charge in [0.2, 0.25) is 5.91 Å². The van der Waals surface area contributed by atoms with Gasteiger partial charge in [-0.25, -0.2) is 0 Å². The molecule has 152 valence electrons. The van der Waals surface area contributed by atoms with Gasteiger partial charge in [0.05, 0.1) is 0 Å². The van der Waals surface area contributed by atoms with E-state index >= 15 is 0 Å². The predicted molar refractivity (Wildman–Crippen MR) is 116 cm³/mol. The summed E-state index contributed by atoms with van der Waals surface area (Å²) in [5, 5.41) is 1.04. The van der Waals surface area contributed by atoms with Crippen LogP contribution in [-0.4, -0.2) is 69.3 Å². The zero-order valence-corrected chi connectivity index (χ0v) is 17.8. The number of fused-ring (bicyclic) bond motifs is 1. The SMILES string of the molecule is CCN(CC)C(=O)Cn1cc(C=C2C(=O)N(C)C(=S)N(C)C2=O)c2ccccc21. The quantitative estimate of drug-likeness (QED) is 0.429. The van der Waals surface area contributed by atoms with E-state index in [0.29, 0.717) is 18.7 Å². The fourth-order valence-corrected chi connectivity index (χ4v) is 3.64. The van der Waals surface area contributed by atoms with Crippen LogP contribution in [0.3, 0.4) is 0 Å². The molecule has 0 aliphatic carbocycles. The Bertz CT molecular complexity index is 1010. The van der Waals surface area contributed by atoms with Crippen LogP contribution in [0, 0.1) is 0 Å². The Morgan fingerprint density at radius 3 is 2.24 bits per heavy atom. The standard InChI is InChI=1S/C21H24N4O3S/c1-5-24(6-2)18(26)13-25-12-14(15-9-7-8-10-17(15)25)11-16-19(27)22(3)21(29)23(4)20(16)28/h7-12H,5-6,13H2,1-4H3. The molecule has 3 amide bonds. The van der Waals surface area contributed by atoms with E-state index < -0.39 is 11.8 Å². The molecule has 1 aliphatic rings. The highest BCUT2D eigenvalue weighted by molar-refractivity contribution is 7.80. The average Bonchev–Trinajstić information content (AvgIpc) is 3.06. The smallest absolute Gasteiger partial charge is 0.265 e. The molecule has 29 heavy (non-hydrogen) atoms. The molecule has 0 atom stereocenters. The third kappa shape index (κ3) is 3.67. The van der Waals surface area contributed by atoms with Gasteiger partial charge in [0.1, 0.15) is 12.1 Å². The molecule has 7 nitrogen and oxygen atoms in total. The number of benzene rings is 1. The number of para-hydroxylation sites is 1. The topological polar surface area (TPSA) is 65.9 Å². The minimum Gasteiger partial charge on any atom is -0.342 e. The fraction of sp³-hybridized carbons (Fsp3) is 0.333. The number of amides is 3. The Kier molecular flexibility index (Phi) is 5.83. The highest BCUT2D eigenvalue weighted by Gasteiger charge is 2.35. The van der Waals surface area contributed by atoms with Crippen LogP contribution in [0.15, 0.2) is 36.0 Å². The first-order chi connectivity index (χ1) is 13.8. The Morgan fingerprint density at radius 2 is 1.66 bits per heavy atom. The molecule has 1 aromatic carbocycles. The molecule has 1 saturated heterocycles. The first-order valence-corrected chi connectivity index (χ1v) is 9.88. The number of rotatable bonds is 5. The molecule has 0 N–H and O–H groups in total. The molecule has 1 aliphatic heterocycles. The van der Waals surface area contributed by atoms with Crippen LogP contribution < -0.4 is 0 Å². The molecule has 0 radical (unpaired) electrons. The van der Waals surface area contributed by atoms with Crippen molar-refractivity contribution in [3.63, 3.8) is 0 Å². The first-order valence-electron chi connectivity index (χ1n) is 9.47. The second-order valence-electron chi connectivity index (χ2n) is 6.86. The van der Waals surface area contributed by atoms with Crippen molar-refractivity contribution in [1.29, 1.82) is 0 Å². The van der Waals surface area contributed by atoms with Crippen molar-refractivity contribution in [1.82, 2.24) is 19.3 Å². The van der Waals surface area contributed by atoms with Crippen molar-refractivity contribution in [3.8, 4) is 0 Å². The van der Waals surface area contributed by atoms with Crippen LogP contribution >= 0.6 is 12.2 Å². The lowest BCUT2D eigenvalue weighted by Gasteiger charge is -2.31. The number of hydrogen-bond donors (Lipinski definition) is 0. The maximum atomic E-state index is 12.6. The van der Waals surface area contributed by atoms with Gasteiger partial charge in [0.15, 0.2) is 5.11 Å². The van der Waals surface area contributed by atoms with Gasteiger partial charge in [-0.3, -0.25) is 24.2 Å². The molecule has 1 fully saturated rings. The number of thiocarbonyl (C=S) groups is 1. The highest BCUT2D eigenvalue weighted by Crippen LogP contribution is 2.26. The summed E-state index contributed by atoms with van der Waals surface area (Å²) in [6, 6.07) is 7.62. The second-order valence-corrected chi connectivity index (χ2v) is 7.23. The van der Waals surface area contributed by atoms with Gasteiger partial charge in [0.25, 0.3) is 11.8 Å². The van der Waals surface area contributed by atoms with Crippen LogP contribution in [0.2, 0.25) is 0 Å². The maximum Gasteiger partial charge on any atom is 0.265 e. The van der Waals surface area contributed by atoms with E-state index in [1.807, 2.05) is 48.9 Å². The molecule has 2 aromatic rings. The van der Waals surface area contributed by atoms with Gasteiger partial charge in [-0.05, 0) is 38.2 Å². The van der Waals surface area contributed by atoms with E-state index in [1.165, 1.54) is 9.80 Å². The van der Waals surface area contributed by atoms with Gasteiger partial charge in [-0.15, -0.1) is 0 Å². The van der Waals surface area contributed by atoms with Crippen molar-refractivity contribution in [2.24, 2.45) is 0 Å². The summed E-state index contributed by atoms with van der Waals surface area (Å²) in [7, 11) is 3.10. The third-order valence-electron chi connectivity index (χ3n) is 5.18. The first kappa shape index (κ1) is 20.7. The molecule has 8 heteroatoms. The lowest BCUT2D eigenvalue weighted by molar-refractivity contribution is -0.133. The van der Waals surface area contributed by atoms with E-state index in [0.717, 1.165) is 10.9 Å². The summed E-state index contributed by atoms with van der Waals surface area (Å²) < 4.78 is 1.86. The van der Waals surface area contributed by atoms with Crippen LogP contribution in [-0.2, 0) is 20.9 Å². The molecule has 2 heterocycles. The van der Waals surface area contributed by atoms with E-state index in [2.05, 4.69) is 0 Å². The zero-order valence-electron chi connectivity index (χ0n) is 17.0. The average molecular weight is 413 g/mol. The summed E-state index contributed by atoms with van der Waals surface area (Å²) in [5.74, 6) is -0.854. The molecule has 0 spiro atoms. The van der Waals surface area contributed by atoms with Gasteiger partial charge >= 0.3 is 0 Å². The minimum atomic E-state index is -0.436. The lowest BCUT2D eigenvalue weighted by atomic mass is 10.1. The number of nitrogens with zero attached hydrogens (tertiary/aromatic N) is 4. The van der Waals surface area contributed by atoms with Gasteiger partial charge in [-0.1, -0.05) is 18.2 Å². The normalized spacial score (nSPS) is 14.8. The second kappa shape index (κ2) is 8.16.